The summed E-state index contributed by atoms with van der Waals surface area (Å²) in [5.41, 5.74) is 4.61. The number of imidazole rings is 1. The van der Waals surface area contributed by atoms with Crippen molar-refractivity contribution in [2.75, 3.05) is 0 Å². The standard InChI is InChI=1S/C22H20N4O3/c1-14-8-16-9-15(6-7-20(16)28-14)21-10-17(25-29-21)11-23-22(27)12-26-13-24-18-4-2-3-5-19(18)26/h2-7,9-10,13-14H,8,11-12H2,1H3,(H,23,27). The van der Waals surface area contributed by atoms with Crippen LogP contribution in [0.1, 0.15) is 18.2 Å². The zero-order valence-corrected chi connectivity index (χ0v) is 16.0. The van der Waals surface area contributed by atoms with Gasteiger partial charge in [-0.2, -0.15) is 0 Å². The molecule has 29 heavy (non-hydrogen) atoms. The van der Waals surface area contributed by atoms with Gasteiger partial charge in [0, 0.05) is 18.1 Å². The zero-order chi connectivity index (χ0) is 19.8. The zero-order valence-electron chi connectivity index (χ0n) is 16.0. The molecular formula is C22H20N4O3. The molecular weight excluding hydrogens is 368 g/mol. The van der Waals surface area contributed by atoms with Gasteiger partial charge in [0.05, 0.1) is 23.9 Å². The Labute approximate surface area is 167 Å². The molecule has 0 saturated heterocycles. The van der Waals surface area contributed by atoms with Crippen LogP contribution in [0.4, 0.5) is 0 Å². The second kappa shape index (κ2) is 7.09. The topological polar surface area (TPSA) is 82.2 Å². The van der Waals surface area contributed by atoms with Crippen LogP contribution in [-0.4, -0.2) is 26.7 Å². The highest BCUT2D eigenvalue weighted by Gasteiger charge is 2.20. The second-order valence-electron chi connectivity index (χ2n) is 7.28. The summed E-state index contributed by atoms with van der Waals surface area (Å²) in [6.45, 7) is 2.57. The predicted molar refractivity (Wildman–Crippen MR) is 107 cm³/mol. The summed E-state index contributed by atoms with van der Waals surface area (Å²) in [5, 5.41) is 6.96. The number of rotatable bonds is 5. The van der Waals surface area contributed by atoms with Crippen LogP contribution in [0.5, 0.6) is 5.75 Å². The highest BCUT2D eigenvalue weighted by Crippen LogP contribution is 2.33. The summed E-state index contributed by atoms with van der Waals surface area (Å²) in [4.78, 5) is 16.6. The minimum absolute atomic E-state index is 0.110. The van der Waals surface area contributed by atoms with E-state index in [1.807, 2.05) is 47.0 Å². The predicted octanol–water partition coefficient (Wildman–Crippen LogP) is 3.33. The first-order valence-electron chi connectivity index (χ1n) is 9.58. The molecule has 1 aliphatic heterocycles. The van der Waals surface area contributed by atoms with Gasteiger partial charge in [0.1, 0.15) is 24.1 Å². The Kier molecular flexibility index (Phi) is 4.27. The Morgan fingerprint density at radius 2 is 2.14 bits per heavy atom. The van der Waals surface area contributed by atoms with Crippen LogP contribution in [-0.2, 0) is 24.3 Å². The van der Waals surface area contributed by atoms with Crippen molar-refractivity contribution in [3.63, 3.8) is 0 Å². The van der Waals surface area contributed by atoms with Crippen molar-refractivity contribution in [2.45, 2.75) is 32.5 Å². The van der Waals surface area contributed by atoms with Crippen LogP contribution in [0.25, 0.3) is 22.4 Å². The Morgan fingerprint density at radius 1 is 1.24 bits per heavy atom. The molecule has 7 heteroatoms. The number of ether oxygens (including phenoxy) is 1. The Morgan fingerprint density at radius 3 is 3.07 bits per heavy atom. The van der Waals surface area contributed by atoms with Gasteiger partial charge in [0.15, 0.2) is 5.76 Å². The summed E-state index contributed by atoms with van der Waals surface area (Å²) in [5.74, 6) is 1.50. The van der Waals surface area contributed by atoms with Gasteiger partial charge in [-0.1, -0.05) is 17.3 Å². The van der Waals surface area contributed by atoms with E-state index in [-0.39, 0.29) is 18.6 Å². The third-order valence-corrected chi connectivity index (χ3v) is 5.05. The van der Waals surface area contributed by atoms with E-state index in [1.165, 1.54) is 5.56 Å². The summed E-state index contributed by atoms with van der Waals surface area (Å²) in [6.07, 6.45) is 2.77. The fraction of sp³-hybridized carbons (Fsp3) is 0.227. The molecule has 0 radical (unpaired) electrons. The first kappa shape index (κ1) is 17.5. The molecule has 2 aromatic heterocycles. The lowest BCUT2D eigenvalue weighted by atomic mass is 10.1. The van der Waals surface area contributed by atoms with Crippen LogP contribution in [0.15, 0.2) is 59.4 Å². The van der Waals surface area contributed by atoms with Crippen LogP contribution < -0.4 is 10.1 Å². The first-order valence-corrected chi connectivity index (χ1v) is 9.58. The molecule has 0 aliphatic carbocycles. The second-order valence-corrected chi connectivity index (χ2v) is 7.28. The molecule has 1 N–H and O–H groups in total. The van der Waals surface area contributed by atoms with E-state index in [4.69, 9.17) is 9.26 Å². The highest BCUT2D eigenvalue weighted by atomic mass is 16.5. The number of carbonyl (C=O) groups is 1. The van der Waals surface area contributed by atoms with Crippen molar-refractivity contribution in [3.05, 3.63) is 66.1 Å². The summed E-state index contributed by atoms with van der Waals surface area (Å²) >= 11 is 0. The van der Waals surface area contributed by atoms with Crippen LogP contribution in [0.3, 0.4) is 0 Å². The van der Waals surface area contributed by atoms with Crippen LogP contribution in [0, 0.1) is 0 Å². The number of hydrogen-bond donors (Lipinski definition) is 1. The quantitative estimate of drug-likeness (QED) is 0.567. The van der Waals surface area contributed by atoms with Crippen LogP contribution in [0.2, 0.25) is 0 Å². The number of benzene rings is 2. The van der Waals surface area contributed by atoms with Gasteiger partial charge in [0.2, 0.25) is 5.91 Å². The average molecular weight is 388 g/mol. The fourth-order valence-corrected chi connectivity index (χ4v) is 3.64. The molecule has 1 aliphatic rings. The van der Waals surface area contributed by atoms with Gasteiger partial charge in [0.25, 0.3) is 0 Å². The van der Waals surface area contributed by atoms with Crippen molar-refractivity contribution in [2.24, 2.45) is 0 Å². The Balaban J connectivity index is 1.23. The highest BCUT2D eigenvalue weighted by molar-refractivity contribution is 5.80. The van der Waals surface area contributed by atoms with Gasteiger partial charge < -0.3 is 19.1 Å². The van der Waals surface area contributed by atoms with Crippen molar-refractivity contribution in [3.8, 4) is 17.1 Å². The molecule has 0 spiro atoms. The van der Waals surface area contributed by atoms with Gasteiger partial charge in [-0.25, -0.2) is 4.98 Å². The molecule has 146 valence electrons. The van der Waals surface area contributed by atoms with E-state index in [2.05, 4.69) is 28.4 Å². The summed E-state index contributed by atoms with van der Waals surface area (Å²) in [7, 11) is 0. The number of amides is 1. The molecule has 0 fully saturated rings. The maximum atomic E-state index is 12.3. The third kappa shape index (κ3) is 3.47. The molecule has 7 nitrogen and oxygen atoms in total. The average Bonchev–Trinajstić information content (AvgIpc) is 3.44. The molecule has 4 aromatic rings. The third-order valence-electron chi connectivity index (χ3n) is 5.05. The lowest BCUT2D eigenvalue weighted by Crippen LogP contribution is -2.26. The molecule has 1 atom stereocenters. The van der Waals surface area contributed by atoms with Gasteiger partial charge in [-0.05, 0) is 42.8 Å². The molecule has 2 aromatic carbocycles. The molecule has 1 amide bonds. The Bertz CT molecular complexity index is 1190. The number of nitrogens with one attached hydrogen (secondary N) is 1. The minimum Gasteiger partial charge on any atom is -0.490 e. The van der Waals surface area contributed by atoms with E-state index in [0.29, 0.717) is 18.0 Å². The van der Waals surface area contributed by atoms with E-state index in [9.17, 15) is 4.79 Å². The number of para-hydroxylation sites is 2. The summed E-state index contributed by atoms with van der Waals surface area (Å²) in [6, 6.07) is 15.6. The SMILES string of the molecule is CC1Cc2cc(-c3cc(CNC(=O)Cn4cnc5ccccc54)no3)ccc2O1. The Hall–Kier alpha value is -3.61. The number of hydrogen-bond acceptors (Lipinski definition) is 5. The van der Waals surface area contributed by atoms with E-state index >= 15 is 0 Å². The van der Waals surface area contributed by atoms with E-state index in [1.54, 1.807) is 6.33 Å². The number of aromatic nitrogens is 3. The largest absolute Gasteiger partial charge is 0.490 e. The summed E-state index contributed by atoms with van der Waals surface area (Å²) < 4.78 is 13.0. The van der Waals surface area contributed by atoms with Gasteiger partial charge in [-0.3, -0.25) is 4.79 Å². The molecule has 5 rings (SSSR count). The number of fused-ring (bicyclic) bond motifs is 2. The number of carbonyl (C=O) groups excluding carboxylic acids is 1. The van der Waals surface area contributed by atoms with Crippen molar-refractivity contribution < 1.29 is 14.1 Å². The minimum atomic E-state index is -0.110. The molecule has 1 unspecified atom stereocenters. The van der Waals surface area contributed by atoms with Crippen molar-refractivity contribution in [1.82, 2.24) is 20.0 Å². The first-order chi connectivity index (χ1) is 14.2. The lowest BCUT2D eigenvalue weighted by Gasteiger charge is -2.05. The molecule has 0 saturated carbocycles. The maximum absolute atomic E-state index is 12.3. The molecule has 0 bridgehead atoms. The van der Waals surface area contributed by atoms with Gasteiger partial charge in [-0.15, -0.1) is 0 Å². The normalized spacial score (nSPS) is 15.3. The smallest absolute Gasteiger partial charge is 0.240 e. The van der Waals surface area contributed by atoms with Crippen molar-refractivity contribution >= 4 is 16.9 Å². The monoisotopic (exact) mass is 388 g/mol. The number of nitrogens with zero attached hydrogens (tertiary/aromatic N) is 3. The van der Waals surface area contributed by atoms with E-state index in [0.717, 1.165) is 28.8 Å². The molecule has 3 heterocycles. The lowest BCUT2D eigenvalue weighted by molar-refractivity contribution is -0.121. The van der Waals surface area contributed by atoms with Crippen molar-refractivity contribution in [1.29, 1.82) is 0 Å². The van der Waals surface area contributed by atoms with Gasteiger partial charge >= 0.3 is 0 Å². The van der Waals surface area contributed by atoms with Crippen LogP contribution >= 0.6 is 0 Å². The fourth-order valence-electron chi connectivity index (χ4n) is 3.64. The van der Waals surface area contributed by atoms with E-state index < -0.39 is 0 Å². The maximum Gasteiger partial charge on any atom is 0.240 e.